The third-order valence-electron chi connectivity index (χ3n) is 3.77. The molecule has 2 aromatic carbocycles. The van der Waals surface area contributed by atoms with Crippen molar-refractivity contribution in [1.29, 1.82) is 0 Å². The molecule has 25 heavy (non-hydrogen) atoms. The van der Waals surface area contributed by atoms with E-state index in [0.29, 0.717) is 23.1 Å². The lowest BCUT2D eigenvalue weighted by molar-refractivity contribution is -0.120. The summed E-state index contributed by atoms with van der Waals surface area (Å²) in [6.45, 7) is 3.90. The van der Waals surface area contributed by atoms with Crippen molar-refractivity contribution in [2.24, 2.45) is 0 Å². The second-order valence-electron chi connectivity index (χ2n) is 5.65. The molecule has 0 fully saturated rings. The van der Waals surface area contributed by atoms with E-state index in [0.717, 1.165) is 0 Å². The number of nitrogens with one attached hydrogen (secondary N) is 1. The zero-order chi connectivity index (χ0) is 18.4. The molecule has 0 aliphatic rings. The zero-order valence-corrected chi connectivity index (χ0v) is 15.7. The Kier molecular flexibility index (Phi) is 6.70. The minimum absolute atomic E-state index is 0.0535. The lowest BCUT2D eigenvalue weighted by Crippen LogP contribution is -2.46. The molecule has 6 heteroatoms. The van der Waals surface area contributed by atoms with Crippen LogP contribution in [0.5, 0.6) is 0 Å². The Morgan fingerprint density at radius 1 is 1.20 bits per heavy atom. The van der Waals surface area contributed by atoms with Crippen molar-refractivity contribution in [3.8, 4) is 0 Å². The van der Waals surface area contributed by atoms with E-state index in [1.807, 2.05) is 25.1 Å². The minimum atomic E-state index is -0.731. The number of carbonyl (C=O) groups is 2. The minimum Gasteiger partial charge on any atom is -0.327 e. The predicted octanol–water partition coefficient (Wildman–Crippen LogP) is 4.47. The Balaban J connectivity index is 2.22. The fraction of sp³-hybridized carbons (Fsp3) is 0.263. The van der Waals surface area contributed by atoms with Crippen LogP contribution in [0, 0.1) is 5.82 Å². The van der Waals surface area contributed by atoms with Crippen LogP contribution in [0.3, 0.4) is 0 Å². The summed E-state index contributed by atoms with van der Waals surface area (Å²) in [5.41, 5.74) is 0.596. The van der Waals surface area contributed by atoms with Crippen LogP contribution in [0.1, 0.15) is 30.6 Å². The number of nitrogens with zero attached hydrogens (tertiary/aromatic N) is 1. The molecule has 1 atom stereocenters. The smallest absolute Gasteiger partial charge is 0.257 e. The van der Waals surface area contributed by atoms with Gasteiger partial charge in [-0.25, -0.2) is 4.39 Å². The first-order valence-electron chi connectivity index (χ1n) is 8.06. The van der Waals surface area contributed by atoms with Crippen LogP contribution in [0.2, 0.25) is 0 Å². The van der Waals surface area contributed by atoms with E-state index in [1.54, 1.807) is 19.1 Å². The highest BCUT2D eigenvalue weighted by Crippen LogP contribution is 2.19. The van der Waals surface area contributed by atoms with Crippen LogP contribution in [0.4, 0.5) is 10.1 Å². The molecule has 0 bridgehead atoms. The topological polar surface area (TPSA) is 49.4 Å². The number of halogens is 2. The van der Waals surface area contributed by atoms with Gasteiger partial charge in [0.1, 0.15) is 11.9 Å². The number of carbonyl (C=O) groups excluding carboxylic acids is 2. The van der Waals surface area contributed by atoms with E-state index in [9.17, 15) is 14.0 Å². The van der Waals surface area contributed by atoms with Crippen molar-refractivity contribution in [3.63, 3.8) is 0 Å². The largest absolute Gasteiger partial charge is 0.327 e. The third-order valence-corrected chi connectivity index (χ3v) is 4.27. The van der Waals surface area contributed by atoms with Gasteiger partial charge in [0, 0.05) is 16.7 Å². The normalized spacial score (nSPS) is 11.7. The maximum atomic E-state index is 14.1. The van der Waals surface area contributed by atoms with E-state index in [4.69, 9.17) is 0 Å². The highest BCUT2D eigenvalue weighted by molar-refractivity contribution is 9.10. The van der Waals surface area contributed by atoms with Crippen molar-refractivity contribution in [3.05, 3.63) is 64.4 Å². The summed E-state index contributed by atoms with van der Waals surface area (Å²) in [4.78, 5) is 26.7. The Bertz CT molecular complexity index is 752. The Morgan fingerprint density at radius 3 is 2.52 bits per heavy atom. The molecule has 4 nitrogen and oxygen atoms in total. The maximum absolute atomic E-state index is 14.1. The number of rotatable bonds is 6. The fourth-order valence-corrected chi connectivity index (χ4v) is 2.80. The number of para-hydroxylation sites is 1. The zero-order valence-electron chi connectivity index (χ0n) is 14.1. The Labute approximate surface area is 155 Å². The number of anilines is 1. The number of benzene rings is 2. The average molecular weight is 407 g/mol. The van der Waals surface area contributed by atoms with Gasteiger partial charge in [0.25, 0.3) is 5.91 Å². The monoisotopic (exact) mass is 406 g/mol. The van der Waals surface area contributed by atoms with Gasteiger partial charge >= 0.3 is 0 Å². The molecule has 0 saturated heterocycles. The van der Waals surface area contributed by atoms with E-state index in [1.165, 1.54) is 23.1 Å². The number of amides is 2. The van der Waals surface area contributed by atoms with Crippen molar-refractivity contribution < 1.29 is 14.0 Å². The standard InChI is InChI=1S/C19H20BrFN2O2/c1-3-11-23(19(25)16-12-14(20)9-10-17(16)21)13(2)18(24)22-15-7-5-4-6-8-15/h4-10,12-13H,3,11H2,1-2H3,(H,22,24). The molecule has 0 spiro atoms. The quantitative estimate of drug-likeness (QED) is 0.769. The summed E-state index contributed by atoms with van der Waals surface area (Å²) in [6, 6.07) is 12.5. The van der Waals surface area contributed by atoms with Crippen molar-refractivity contribution >= 4 is 33.4 Å². The van der Waals surface area contributed by atoms with Crippen LogP contribution in [0.15, 0.2) is 53.0 Å². The second-order valence-corrected chi connectivity index (χ2v) is 6.57. The molecule has 0 heterocycles. The summed E-state index contributed by atoms with van der Waals surface area (Å²) in [6.07, 6.45) is 0.657. The van der Waals surface area contributed by atoms with E-state index >= 15 is 0 Å². The van der Waals surface area contributed by atoms with Gasteiger partial charge in [-0.05, 0) is 43.7 Å². The van der Waals surface area contributed by atoms with Crippen molar-refractivity contribution in [2.45, 2.75) is 26.3 Å². The van der Waals surface area contributed by atoms with Gasteiger partial charge in [-0.2, -0.15) is 0 Å². The predicted molar refractivity (Wildman–Crippen MR) is 100.0 cm³/mol. The number of hydrogen-bond acceptors (Lipinski definition) is 2. The van der Waals surface area contributed by atoms with Crippen LogP contribution in [-0.4, -0.2) is 29.3 Å². The molecule has 1 N–H and O–H groups in total. The summed E-state index contributed by atoms with van der Waals surface area (Å²) in [5.74, 6) is -1.43. The summed E-state index contributed by atoms with van der Waals surface area (Å²) in [7, 11) is 0. The van der Waals surface area contributed by atoms with Gasteiger partial charge in [-0.3, -0.25) is 9.59 Å². The summed E-state index contributed by atoms with van der Waals surface area (Å²) < 4.78 is 14.7. The summed E-state index contributed by atoms with van der Waals surface area (Å²) in [5, 5.41) is 2.78. The van der Waals surface area contributed by atoms with Gasteiger partial charge in [0.15, 0.2) is 0 Å². The molecule has 1 unspecified atom stereocenters. The van der Waals surface area contributed by atoms with Gasteiger partial charge in [0.05, 0.1) is 5.56 Å². The molecular formula is C19H20BrFN2O2. The lowest BCUT2D eigenvalue weighted by Gasteiger charge is -2.28. The average Bonchev–Trinajstić information content (AvgIpc) is 2.61. The van der Waals surface area contributed by atoms with Gasteiger partial charge in [0.2, 0.25) is 5.91 Å². The Hall–Kier alpha value is -2.21. The molecule has 132 valence electrons. The maximum Gasteiger partial charge on any atom is 0.257 e. The number of hydrogen-bond donors (Lipinski definition) is 1. The molecule has 0 aromatic heterocycles. The van der Waals surface area contributed by atoms with E-state index < -0.39 is 17.8 Å². The molecule has 2 amide bonds. The van der Waals surface area contributed by atoms with Gasteiger partial charge in [-0.15, -0.1) is 0 Å². The third kappa shape index (κ3) is 4.89. The van der Waals surface area contributed by atoms with E-state index in [2.05, 4.69) is 21.2 Å². The lowest BCUT2D eigenvalue weighted by atomic mass is 10.1. The first-order valence-corrected chi connectivity index (χ1v) is 8.85. The van der Waals surface area contributed by atoms with Crippen molar-refractivity contribution in [1.82, 2.24) is 4.90 Å². The fourth-order valence-electron chi connectivity index (χ4n) is 2.44. The Morgan fingerprint density at radius 2 is 1.88 bits per heavy atom. The van der Waals surface area contributed by atoms with Gasteiger partial charge in [-0.1, -0.05) is 41.1 Å². The van der Waals surface area contributed by atoms with Crippen LogP contribution in [0.25, 0.3) is 0 Å². The van der Waals surface area contributed by atoms with E-state index in [-0.39, 0.29) is 11.5 Å². The highest BCUT2D eigenvalue weighted by atomic mass is 79.9. The molecule has 0 aliphatic carbocycles. The summed E-state index contributed by atoms with van der Waals surface area (Å²) >= 11 is 3.25. The molecular weight excluding hydrogens is 387 g/mol. The first kappa shape index (κ1) is 19.1. The molecule has 0 saturated carbocycles. The van der Waals surface area contributed by atoms with Crippen molar-refractivity contribution in [2.75, 3.05) is 11.9 Å². The first-order chi connectivity index (χ1) is 11.9. The molecule has 0 radical (unpaired) electrons. The van der Waals surface area contributed by atoms with Crippen LogP contribution < -0.4 is 5.32 Å². The second kappa shape index (κ2) is 8.76. The molecule has 2 rings (SSSR count). The van der Waals surface area contributed by atoms with Gasteiger partial charge < -0.3 is 10.2 Å². The SMILES string of the molecule is CCCN(C(=O)c1cc(Br)ccc1F)C(C)C(=O)Nc1ccccc1. The van der Waals surface area contributed by atoms with Crippen LogP contribution >= 0.6 is 15.9 Å². The molecule has 0 aliphatic heterocycles. The van der Waals surface area contributed by atoms with Crippen LogP contribution in [-0.2, 0) is 4.79 Å². The highest BCUT2D eigenvalue weighted by Gasteiger charge is 2.28. The molecule has 2 aromatic rings.